The van der Waals surface area contributed by atoms with Crippen LogP contribution in [0.15, 0.2) is 28.7 Å². The molecule has 0 atom stereocenters. The standard InChI is InChI=1S/C19H17BrN2O3S/c20-13-8-6-12(7-9-13)19(24)25-11-17(23)22-18-15(10-21)14-4-2-1-3-5-16(14)26-18/h6-9H,1-5,11H2,(H,22,23). The SMILES string of the molecule is N#Cc1c(NC(=O)COC(=O)c2ccc(Br)cc2)sc2c1CCCCC2. The topological polar surface area (TPSA) is 79.2 Å². The van der Waals surface area contributed by atoms with Crippen molar-refractivity contribution >= 4 is 44.1 Å². The van der Waals surface area contributed by atoms with Gasteiger partial charge in [-0.15, -0.1) is 11.3 Å². The Morgan fingerprint density at radius 1 is 1.19 bits per heavy atom. The van der Waals surface area contributed by atoms with Crippen LogP contribution in [0.25, 0.3) is 0 Å². The van der Waals surface area contributed by atoms with Crippen LogP contribution < -0.4 is 5.32 Å². The highest BCUT2D eigenvalue weighted by molar-refractivity contribution is 9.10. The van der Waals surface area contributed by atoms with Crippen LogP contribution in [-0.2, 0) is 22.4 Å². The van der Waals surface area contributed by atoms with Gasteiger partial charge in [0.25, 0.3) is 5.91 Å². The molecule has 0 fully saturated rings. The number of carbonyl (C=O) groups excluding carboxylic acids is 2. The number of nitrogens with zero attached hydrogens (tertiary/aromatic N) is 1. The lowest BCUT2D eigenvalue weighted by Crippen LogP contribution is -2.20. The predicted octanol–water partition coefficient (Wildman–Crippen LogP) is 4.45. The number of benzene rings is 1. The van der Waals surface area contributed by atoms with E-state index in [2.05, 4.69) is 27.3 Å². The van der Waals surface area contributed by atoms with Crippen molar-refractivity contribution in [3.05, 3.63) is 50.3 Å². The van der Waals surface area contributed by atoms with E-state index in [9.17, 15) is 14.9 Å². The number of hydrogen-bond acceptors (Lipinski definition) is 5. The Bertz CT molecular complexity index is 868. The van der Waals surface area contributed by atoms with E-state index in [1.54, 1.807) is 24.3 Å². The fraction of sp³-hybridized carbons (Fsp3) is 0.316. The molecule has 1 amide bonds. The fourth-order valence-corrected chi connectivity index (χ4v) is 4.43. The zero-order chi connectivity index (χ0) is 18.5. The number of hydrogen-bond donors (Lipinski definition) is 1. The molecule has 0 radical (unpaired) electrons. The molecule has 0 saturated heterocycles. The summed E-state index contributed by atoms with van der Waals surface area (Å²) in [5.74, 6) is -1.00. The number of thiophene rings is 1. The highest BCUT2D eigenvalue weighted by atomic mass is 79.9. The average molecular weight is 433 g/mol. The van der Waals surface area contributed by atoms with Crippen molar-refractivity contribution in [1.29, 1.82) is 5.26 Å². The first-order valence-corrected chi connectivity index (χ1v) is 9.96. The summed E-state index contributed by atoms with van der Waals surface area (Å²) in [5.41, 5.74) is 2.00. The van der Waals surface area contributed by atoms with E-state index in [1.807, 2.05) is 0 Å². The molecule has 1 aromatic carbocycles. The average Bonchev–Trinajstić information content (AvgIpc) is 2.79. The zero-order valence-electron chi connectivity index (χ0n) is 14.0. The van der Waals surface area contributed by atoms with Gasteiger partial charge >= 0.3 is 5.97 Å². The number of anilines is 1. The highest BCUT2D eigenvalue weighted by Crippen LogP contribution is 2.36. The van der Waals surface area contributed by atoms with Crippen molar-refractivity contribution in [3.63, 3.8) is 0 Å². The maximum absolute atomic E-state index is 12.2. The van der Waals surface area contributed by atoms with Crippen LogP contribution in [0.4, 0.5) is 5.00 Å². The molecule has 0 spiro atoms. The third-order valence-electron chi connectivity index (χ3n) is 4.20. The number of carbonyl (C=O) groups is 2. The monoisotopic (exact) mass is 432 g/mol. The minimum atomic E-state index is -0.560. The minimum Gasteiger partial charge on any atom is -0.452 e. The van der Waals surface area contributed by atoms with E-state index in [0.29, 0.717) is 16.1 Å². The summed E-state index contributed by atoms with van der Waals surface area (Å²) < 4.78 is 5.91. The van der Waals surface area contributed by atoms with Crippen LogP contribution in [0, 0.1) is 11.3 Å². The number of esters is 1. The van der Waals surface area contributed by atoms with E-state index in [0.717, 1.165) is 35.7 Å². The lowest BCUT2D eigenvalue weighted by Gasteiger charge is -2.06. The molecule has 134 valence electrons. The van der Waals surface area contributed by atoms with Crippen LogP contribution in [0.3, 0.4) is 0 Å². The summed E-state index contributed by atoms with van der Waals surface area (Å²) >= 11 is 4.76. The van der Waals surface area contributed by atoms with Crippen molar-refractivity contribution in [3.8, 4) is 6.07 Å². The fourth-order valence-electron chi connectivity index (χ4n) is 2.91. The molecule has 1 N–H and O–H groups in total. The summed E-state index contributed by atoms with van der Waals surface area (Å²) in [6.45, 7) is -0.387. The summed E-state index contributed by atoms with van der Waals surface area (Å²) in [7, 11) is 0. The molecule has 5 nitrogen and oxygen atoms in total. The van der Waals surface area contributed by atoms with Gasteiger partial charge in [0.15, 0.2) is 6.61 Å². The van der Waals surface area contributed by atoms with Gasteiger partial charge in [0.1, 0.15) is 11.1 Å². The molecule has 0 bridgehead atoms. The number of rotatable bonds is 4. The number of nitriles is 1. The largest absolute Gasteiger partial charge is 0.452 e. The van der Waals surface area contributed by atoms with E-state index >= 15 is 0 Å². The first-order valence-electron chi connectivity index (χ1n) is 8.35. The van der Waals surface area contributed by atoms with Gasteiger partial charge < -0.3 is 10.1 Å². The lowest BCUT2D eigenvalue weighted by atomic mass is 10.1. The third-order valence-corrected chi connectivity index (χ3v) is 5.94. The molecule has 1 heterocycles. The first kappa shape index (κ1) is 18.6. The minimum absolute atomic E-state index is 0.376. The Hall–Kier alpha value is -2.17. The maximum atomic E-state index is 12.2. The highest BCUT2D eigenvalue weighted by Gasteiger charge is 2.21. The van der Waals surface area contributed by atoms with Gasteiger partial charge in [0.05, 0.1) is 11.1 Å². The van der Waals surface area contributed by atoms with Gasteiger partial charge in [0, 0.05) is 9.35 Å². The van der Waals surface area contributed by atoms with Gasteiger partial charge in [0.2, 0.25) is 0 Å². The number of amides is 1. The molecular weight excluding hydrogens is 416 g/mol. The van der Waals surface area contributed by atoms with Crippen molar-refractivity contribution in [2.75, 3.05) is 11.9 Å². The van der Waals surface area contributed by atoms with E-state index in [1.165, 1.54) is 22.6 Å². The van der Waals surface area contributed by atoms with Gasteiger partial charge in [-0.05, 0) is 55.5 Å². The third kappa shape index (κ3) is 4.32. The number of fused-ring (bicyclic) bond motifs is 1. The van der Waals surface area contributed by atoms with Crippen LogP contribution in [0.1, 0.15) is 45.6 Å². The molecule has 7 heteroatoms. The summed E-state index contributed by atoms with van der Waals surface area (Å²) in [5, 5.41) is 12.8. The van der Waals surface area contributed by atoms with Crippen molar-refractivity contribution < 1.29 is 14.3 Å². The molecule has 1 aliphatic rings. The second-order valence-electron chi connectivity index (χ2n) is 6.01. The first-order chi connectivity index (χ1) is 12.6. The summed E-state index contributed by atoms with van der Waals surface area (Å²) in [4.78, 5) is 25.3. The summed E-state index contributed by atoms with van der Waals surface area (Å²) in [6, 6.07) is 8.92. The van der Waals surface area contributed by atoms with Gasteiger partial charge in [-0.25, -0.2) is 4.79 Å². The zero-order valence-corrected chi connectivity index (χ0v) is 16.4. The van der Waals surface area contributed by atoms with E-state index < -0.39 is 11.9 Å². The van der Waals surface area contributed by atoms with Crippen molar-refractivity contribution in [1.82, 2.24) is 0 Å². The van der Waals surface area contributed by atoms with Crippen LogP contribution >= 0.6 is 27.3 Å². The number of aryl methyl sites for hydroxylation is 1. The van der Waals surface area contributed by atoms with E-state index in [-0.39, 0.29) is 6.61 Å². The Morgan fingerprint density at radius 3 is 2.65 bits per heavy atom. The molecule has 26 heavy (non-hydrogen) atoms. The molecule has 0 saturated carbocycles. The Balaban J connectivity index is 1.62. The number of halogens is 1. The number of ether oxygens (including phenoxy) is 1. The molecule has 3 rings (SSSR count). The Kier molecular flexibility index (Phi) is 6.07. The van der Waals surface area contributed by atoms with Crippen LogP contribution in [0.5, 0.6) is 0 Å². The molecule has 0 unspecified atom stereocenters. The van der Waals surface area contributed by atoms with Crippen molar-refractivity contribution in [2.45, 2.75) is 32.1 Å². The van der Waals surface area contributed by atoms with Gasteiger partial charge in [-0.1, -0.05) is 22.4 Å². The predicted molar refractivity (Wildman–Crippen MR) is 103 cm³/mol. The normalized spacial score (nSPS) is 13.2. The van der Waals surface area contributed by atoms with Crippen LogP contribution in [-0.4, -0.2) is 18.5 Å². The van der Waals surface area contributed by atoms with Crippen molar-refractivity contribution in [2.24, 2.45) is 0 Å². The molecule has 1 aromatic heterocycles. The molecule has 1 aliphatic carbocycles. The second kappa shape index (κ2) is 8.47. The Labute approximate surface area is 164 Å². The second-order valence-corrected chi connectivity index (χ2v) is 8.03. The maximum Gasteiger partial charge on any atom is 0.338 e. The summed E-state index contributed by atoms with van der Waals surface area (Å²) in [6.07, 6.45) is 5.17. The molecule has 0 aliphatic heterocycles. The lowest BCUT2D eigenvalue weighted by molar-refractivity contribution is -0.119. The van der Waals surface area contributed by atoms with E-state index in [4.69, 9.17) is 4.74 Å². The Morgan fingerprint density at radius 2 is 1.92 bits per heavy atom. The number of nitrogens with one attached hydrogen (secondary N) is 1. The van der Waals surface area contributed by atoms with Gasteiger partial charge in [-0.2, -0.15) is 5.26 Å². The van der Waals surface area contributed by atoms with Crippen LogP contribution in [0.2, 0.25) is 0 Å². The quantitative estimate of drug-likeness (QED) is 0.571. The molecule has 2 aromatic rings. The smallest absolute Gasteiger partial charge is 0.338 e. The van der Waals surface area contributed by atoms with Gasteiger partial charge in [-0.3, -0.25) is 4.79 Å². The molecular formula is C19H17BrN2O3S.